The number of nitrogen functional groups attached to an aromatic ring is 1. The third-order valence-electron chi connectivity index (χ3n) is 3.38. The Morgan fingerprint density at radius 1 is 1.18 bits per heavy atom. The highest BCUT2D eigenvalue weighted by molar-refractivity contribution is 6.33. The first-order valence-corrected chi connectivity index (χ1v) is 6.72. The summed E-state index contributed by atoms with van der Waals surface area (Å²) in [6.07, 6.45) is 2.20. The molecule has 0 heterocycles. The van der Waals surface area contributed by atoms with Crippen LogP contribution in [-0.4, -0.2) is 12.1 Å². The summed E-state index contributed by atoms with van der Waals surface area (Å²) >= 11 is 6.30. The highest BCUT2D eigenvalue weighted by atomic mass is 35.5. The fourth-order valence-electron chi connectivity index (χ4n) is 2.04. The molecule has 0 aliphatic carbocycles. The van der Waals surface area contributed by atoms with Crippen molar-refractivity contribution < 1.29 is 0 Å². The van der Waals surface area contributed by atoms with E-state index in [9.17, 15) is 0 Å². The molecular formula is C14H23ClN2. The van der Waals surface area contributed by atoms with Gasteiger partial charge in [-0.1, -0.05) is 25.4 Å². The molecular weight excluding hydrogens is 232 g/mol. The molecule has 0 radical (unpaired) electrons. The fourth-order valence-corrected chi connectivity index (χ4v) is 2.32. The summed E-state index contributed by atoms with van der Waals surface area (Å²) in [7, 11) is 0. The van der Waals surface area contributed by atoms with Crippen LogP contribution in [0.3, 0.4) is 0 Å². The van der Waals surface area contributed by atoms with E-state index in [-0.39, 0.29) is 0 Å². The van der Waals surface area contributed by atoms with Gasteiger partial charge in [0.05, 0.1) is 10.7 Å². The Balaban J connectivity index is 3.12. The largest absolute Gasteiger partial charge is 0.399 e. The lowest BCUT2D eigenvalue weighted by molar-refractivity contribution is 0.527. The minimum Gasteiger partial charge on any atom is -0.399 e. The van der Waals surface area contributed by atoms with E-state index in [2.05, 4.69) is 32.6 Å². The number of benzene rings is 1. The standard InChI is InChI=1S/C14H23ClN2/c1-5-10(3)17(11(4)6-2)14-8-7-12(16)9-13(14)15/h7-11H,5-6,16H2,1-4H3. The number of halogens is 1. The predicted molar refractivity (Wildman–Crippen MR) is 77.8 cm³/mol. The molecule has 0 aliphatic heterocycles. The molecule has 2 atom stereocenters. The molecule has 2 nitrogen and oxygen atoms in total. The molecule has 1 rings (SSSR count). The van der Waals surface area contributed by atoms with Gasteiger partial charge in [0.25, 0.3) is 0 Å². The minimum absolute atomic E-state index is 0.478. The van der Waals surface area contributed by atoms with Crippen molar-refractivity contribution in [1.82, 2.24) is 0 Å². The van der Waals surface area contributed by atoms with Gasteiger partial charge in [-0.05, 0) is 44.9 Å². The summed E-state index contributed by atoms with van der Waals surface area (Å²) in [6, 6.07) is 6.72. The molecule has 3 heteroatoms. The number of nitrogens with zero attached hydrogens (tertiary/aromatic N) is 1. The number of hydrogen-bond donors (Lipinski definition) is 1. The molecule has 0 spiro atoms. The molecule has 0 bridgehead atoms. The first kappa shape index (κ1) is 14.2. The zero-order chi connectivity index (χ0) is 13.0. The van der Waals surface area contributed by atoms with Gasteiger partial charge in [-0.15, -0.1) is 0 Å². The first-order chi connectivity index (χ1) is 8.01. The normalized spacial score (nSPS) is 14.4. The lowest BCUT2D eigenvalue weighted by atomic mass is 10.1. The quantitative estimate of drug-likeness (QED) is 0.793. The molecule has 2 unspecified atom stereocenters. The Morgan fingerprint density at radius 3 is 2.12 bits per heavy atom. The maximum Gasteiger partial charge on any atom is 0.0660 e. The topological polar surface area (TPSA) is 29.3 Å². The Kier molecular flexibility index (Phi) is 5.13. The third kappa shape index (κ3) is 3.29. The number of rotatable bonds is 5. The van der Waals surface area contributed by atoms with Gasteiger partial charge in [0.1, 0.15) is 0 Å². The summed E-state index contributed by atoms with van der Waals surface area (Å²) in [5.74, 6) is 0. The van der Waals surface area contributed by atoms with E-state index in [1.807, 2.05) is 18.2 Å². The molecule has 1 aromatic rings. The second-order valence-corrected chi connectivity index (χ2v) is 5.04. The molecule has 0 aliphatic rings. The summed E-state index contributed by atoms with van der Waals surface area (Å²) in [6.45, 7) is 8.87. The summed E-state index contributed by atoms with van der Waals surface area (Å²) in [4.78, 5) is 2.39. The van der Waals surface area contributed by atoms with Gasteiger partial charge >= 0.3 is 0 Å². The van der Waals surface area contributed by atoms with Crippen LogP contribution in [-0.2, 0) is 0 Å². The van der Waals surface area contributed by atoms with Crippen molar-refractivity contribution in [2.24, 2.45) is 0 Å². The van der Waals surface area contributed by atoms with Crippen molar-refractivity contribution >= 4 is 23.0 Å². The van der Waals surface area contributed by atoms with Crippen molar-refractivity contribution in [2.45, 2.75) is 52.6 Å². The van der Waals surface area contributed by atoms with Crippen LogP contribution in [0.5, 0.6) is 0 Å². The van der Waals surface area contributed by atoms with Gasteiger partial charge in [-0.2, -0.15) is 0 Å². The zero-order valence-corrected chi connectivity index (χ0v) is 12.0. The Morgan fingerprint density at radius 2 is 1.71 bits per heavy atom. The van der Waals surface area contributed by atoms with E-state index in [1.54, 1.807) is 0 Å². The average Bonchev–Trinajstić information content (AvgIpc) is 2.31. The molecule has 1 aromatic carbocycles. The van der Waals surface area contributed by atoms with Crippen LogP contribution in [0.1, 0.15) is 40.5 Å². The van der Waals surface area contributed by atoms with E-state index in [4.69, 9.17) is 17.3 Å². The van der Waals surface area contributed by atoms with Crippen LogP contribution in [0.2, 0.25) is 5.02 Å². The first-order valence-electron chi connectivity index (χ1n) is 6.34. The Hall–Kier alpha value is -0.890. The lowest BCUT2D eigenvalue weighted by Gasteiger charge is -2.36. The van der Waals surface area contributed by atoms with Crippen LogP contribution >= 0.6 is 11.6 Å². The van der Waals surface area contributed by atoms with Crippen LogP contribution in [0, 0.1) is 0 Å². The van der Waals surface area contributed by atoms with Gasteiger partial charge in [-0.25, -0.2) is 0 Å². The summed E-state index contributed by atoms with van der Waals surface area (Å²) in [5, 5.41) is 0.741. The second-order valence-electron chi connectivity index (χ2n) is 4.63. The van der Waals surface area contributed by atoms with Gasteiger partial charge in [-0.3, -0.25) is 0 Å². The van der Waals surface area contributed by atoms with Gasteiger partial charge in [0, 0.05) is 17.8 Å². The average molecular weight is 255 g/mol. The van der Waals surface area contributed by atoms with Crippen LogP contribution in [0.15, 0.2) is 18.2 Å². The van der Waals surface area contributed by atoms with Crippen molar-refractivity contribution in [2.75, 3.05) is 10.6 Å². The van der Waals surface area contributed by atoms with Crippen LogP contribution in [0.4, 0.5) is 11.4 Å². The van der Waals surface area contributed by atoms with Gasteiger partial charge in [0.15, 0.2) is 0 Å². The fraction of sp³-hybridized carbons (Fsp3) is 0.571. The van der Waals surface area contributed by atoms with E-state index in [1.165, 1.54) is 0 Å². The van der Waals surface area contributed by atoms with Gasteiger partial charge < -0.3 is 10.6 Å². The molecule has 17 heavy (non-hydrogen) atoms. The molecule has 0 saturated heterocycles. The number of nitrogens with two attached hydrogens (primary N) is 1. The molecule has 0 fully saturated rings. The van der Waals surface area contributed by atoms with Crippen LogP contribution < -0.4 is 10.6 Å². The highest BCUT2D eigenvalue weighted by Crippen LogP contribution is 2.32. The SMILES string of the molecule is CCC(C)N(c1ccc(N)cc1Cl)C(C)CC. The molecule has 96 valence electrons. The van der Waals surface area contributed by atoms with Crippen LogP contribution in [0.25, 0.3) is 0 Å². The Bertz CT molecular complexity index is 355. The maximum absolute atomic E-state index is 6.30. The zero-order valence-electron chi connectivity index (χ0n) is 11.2. The van der Waals surface area contributed by atoms with E-state index in [0.29, 0.717) is 17.8 Å². The number of hydrogen-bond acceptors (Lipinski definition) is 2. The molecule has 2 N–H and O–H groups in total. The Labute approximate surface area is 110 Å². The van der Waals surface area contributed by atoms with E-state index < -0.39 is 0 Å². The van der Waals surface area contributed by atoms with E-state index >= 15 is 0 Å². The smallest absolute Gasteiger partial charge is 0.0660 e. The summed E-state index contributed by atoms with van der Waals surface area (Å²) < 4.78 is 0. The van der Waals surface area contributed by atoms with Crippen molar-refractivity contribution in [1.29, 1.82) is 0 Å². The highest BCUT2D eigenvalue weighted by Gasteiger charge is 2.20. The second kappa shape index (κ2) is 6.15. The molecule has 0 aromatic heterocycles. The molecule has 0 saturated carbocycles. The van der Waals surface area contributed by atoms with Crippen molar-refractivity contribution in [3.05, 3.63) is 23.2 Å². The third-order valence-corrected chi connectivity index (χ3v) is 3.68. The lowest BCUT2D eigenvalue weighted by Crippen LogP contribution is -2.40. The summed E-state index contributed by atoms with van der Waals surface area (Å²) in [5.41, 5.74) is 7.54. The monoisotopic (exact) mass is 254 g/mol. The van der Waals surface area contributed by atoms with Crippen molar-refractivity contribution in [3.8, 4) is 0 Å². The number of anilines is 2. The minimum atomic E-state index is 0.478. The van der Waals surface area contributed by atoms with Crippen molar-refractivity contribution in [3.63, 3.8) is 0 Å². The van der Waals surface area contributed by atoms with E-state index in [0.717, 1.165) is 23.6 Å². The predicted octanol–water partition coefficient (Wildman–Crippen LogP) is 4.33. The van der Waals surface area contributed by atoms with Gasteiger partial charge in [0.2, 0.25) is 0 Å². The molecule has 0 amide bonds. The maximum atomic E-state index is 6.30.